The molecule has 5 aromatic rings. The van der Waals surface area contributed by atoms with Gasteiger partial charge in [0.1, 0.15) is 0 Å². The van der Waals surface area contributed by atoms with Crippen molar-refractivity contribution in [3.05, 3.63) is 149 Å². The Kier molecular flexibility index (Phi) is 9.45. The third-order valence-corrected chi connectivity index (χ3v) is 28.1. The van der Waals surface area contributed by atoms with Gasteiger partial charge in [-0.15, -0.1) is 0 Å². The third-order valence-electron chi connectivity index (χ3n) is 8.51. The number of allylic oxidation sites excluding steroid dienone is 2. The number of halogens is 2. The van der Waals surface area contributed by atoms with Gasteiger partial charge in [-0.25, -0.2) is 0 Å². The molecule has 1 aromatic heterocycles. The Bertz CT molecular complexity index is 1820. The van der Waals surface area contributed by atoms with Crippen molar-refractivity contribution in [1.82, 2.24) is 0 Å². The van der Waals surface area contributed by atoms with Gasteiger partial charge in [0, 0.05) is 0 Å². The van der Waals surface area contributed by atoms with Gasteiger partial charge in [0.2, 0.25) is 0 Å². The average molecular weight is 683 g/mol. The molecule has 0 N–H and O–H groups in total. The Labute approximate surface area is 269 Å². The van der Waals surface area contributed by atoms with Crippen LogP contribution in [0.4, 0.5) is 0 Å². The van der Waals surface area contributed by atoms with E-state index in [1.165, 1.54) is 44.5 Å². The summed E-state index contributed by atoms with van der Waals surface area (Å²) < 4.78 is 7.19. The van der Waals surface area contributed by atoms with Gasteiger partial charge in [-0.2, -0.15) is 0 Å². The van der Waals surface area contributed by atoms with E-state index in [2.05, 4.69) is 135 Å². The molecule has 4 aromatic carbocycles. The SMILES string of the molecule is CC1=Cc2c(-c3ccccc3)cccc2[CH]1[Zr+2]([CH]1C(c2ccco2)=Cc2c(-c3ccccc3)cccc21)=[Si](C)C.[Cl-].[Cl-]. The minimum atomic E-state index is -2.28. The molecule has 5 heteroatoms. The van der Waals surface area contributed by atoms with E-state index in [0.717, 1.165) is 5.76 Å². The summed E-state index contributed by atoms with van der Waals surface area (Å²) in [6.45, 7) is 7.58. The minimum absolute atomic E-state index is 0. The fourth-order valence-electron chi connectivity index (χ4n) is 6.84. The number of benzene rings is 4. The fourth-order valence-corrected chi connectivity index (χ4v) is 27.1. The molecule has 2 aliphatic carbocycles. The topological polar surface area (TPSA) is 13.1 Å². The van der Waals surface area contributed by atoms with Gasteiger partial charge in [-0.3, -0.25) is 0 Å². The maximum Gasteiger partial charge on any atom is -1.00 e. The molecule has 2 atom stereocenters. The molecule has 0 bridgehead atoms. The van der Waals surface area contributed by atoms with Crippen molar-refractivity contribution in [1.29, 1.82) is 0 Å². The molecule has 0 amide bonds. The second-order valence-electron chi connectivity index (χ2n) is 11.1. The van der Waals surface area contributed by atoms with Crippen molar-refractivity contribution >= 4 is 23.2 Å². The average Bonchev–Trinajstić information content (AvgIpc) is 3.72. The molecule has 0 fully saturated rings. The zero-order valence-electron chi connectivity index (χ0n) is 23.9. The Balaban J connectivity index is 0.00000176. The monoisotopic (exact) mass is 680 g/mol. The molecule has 0 aliphatic heterocycles. The molecular formula is C37H32Cl2OSiZr. The van der Waals surface area contributed by atoms with Crippen LogP contribution in [0.1, 0.15) is 42.2 Å². The van der Waals surface area contributed by atoms with Crippen molar-refractivity contribution in [2.75, 3.05) is 0 Å². The molecule has 2 unspecified atom stereocenters. The minimum Gasteiger partial charge on any atom is -1.00 e. The number of fused-ring (bicyclic) bond motifs is 2. The zero-order chi connectivity index (χ0) is 27.2. The van der Waals surface area contributed by atoms with Gasteiger partial charge >= 0.3 is 247 Å². The van der Waals surface area contributed by atoms with Crippen LogP contribution < -0.4 is 24.8 Å². The molecule has 0 saturated heterocycles. The van der Waals surface area contributed by atoms with Crippen LogP contribution in [0.3, 0.4) is 0 Å². The quantitative estimate of drug-likeness (QED) is 0.253. The third kappa shape index (κ3) is 5.31. The van der Waals surface area contributed by atoms with Crippen LogP contribution >= 0.6 is 0 Å². The van der Waals surface area contributed by atoms with Crippen LogP contribution in [0.25, 0.3) is 40.0 Å². The first-order valence-corrected chi connectivity index (χ1v) is 23.1. The van der Waals surface area contributed by atoms with E-state index in [1.54, 1.807) is 11.1 Å². The molecule has 208 valence electrons. The maximum atomic E-state index is 6.15. The summed E-state index contributed by atoms with van der Waals surface area (Å²) in [5, 5.41) is 0. The summed E-state index contributed by atoms with van der Waals surface area (Å²) in [6, 6.07) is 40.0. The van der Waals surface area contributed by atoms with Crippen molar-refractivity contribution < 1.29 is 49.6 Å². The van der Waals surface area contributed by atoms with Gasteiger partial charge in [0.15, 0.2) is 0 Å². The first-order valence-electron chi connectivity index (χ1n) is 14.1. The Hall–Kier alpha value is -2.68. The van der Waals surface area contributed by atoms with Crippen LogP contribution in [0, 0.1) is 0 Å². The standard InChI is InChI=1S/C19H13O.C16H13.C2H6Si.2ClH.Zr/c1-2-6-14(7-3-1)17-9-4-8-15-12-16(13-18(15)17)19-10-5-11-20-19;1-12-10-14-8-5-9-15(16(14)11-12)13-6-3-2-4-7-13;1-3-2;;;/h1-13H;2-11H,1H3;1-2H3;2*1H;/q;;;;;+2/p-2. The summed E-state index contributed by atoms with van der Waals surface area (Å²) in [6.07, 6.45) is 6.82. The number of rotatable bonds is 5. The molecule has 2 aliphatic rings. The Morgan fingerprint density at radius 1 is 0.595 bits per heavy atom. The molecule has 1 heterocycles. The zero-order valence-corrected chi connectivity index (χ0v) is 28.9. The maximum absolute atomic E-state index is 6.15. The Morgan fingerprint density at radius 2 is 1.14 bits per heavy atom. The molecule has 1 nitrogen and oxygen atoms in total. The van der Waals surface area contributed by atoms with Crippen LogP contribution in [0.2, 0.25) is 13.1 Å². The summed E-state index contributed by atoms with van der Waals surface area (Å²) in [4.78, 5) is 0. The predicted molar refractivity (Wildman–Crippen MR) is 167 cm³/mol. The first-order chi connectivity index (χ1) is 19.6. The normalized spacial score (nSPS) is 16.1. The summed E-state index contributed by atoms with van der Waals surface area (Å²) in [5.41, 5.74) is 13.6. The first kappa shape index (κ1) is 30.8. The van der Waals surface area contributed by atoms with Crippen LogP contribution in [0.5, 0.6) is 0 Å². The number of hydrogen-bond acceptors (Lipinski definition) is 1. The van der Waals surface area contributed by atoms with Gasteiger partial charge in [0.05, 0.1) is 0 Å². The van der Waals surface area contributed by atoms with Crippen molar-refractivity contribution in [2.45, 2.75) is 27.3 Å². The second-order valence-corrected chi connectivity index (χ2v) is 29.0. The van der Waals surface area contributed by atoms with Crippen LogP contribution in [0.15, 0.2) is 125 Å². The Morgan fingerprint density at radius 3 is 1.67 bits per heavy atom. The van der Waals surface area contributed by atoms with E-state index in [1.807, 2.05) is 12.3 Å². The van der Waals surface area contributed by atoms with Gasteiger partial charge in [-0.1, -0.05) is 0 Å². The van der Waals surface area contributed by atoms with E-state index >= 15 is 0 Å². The van der Waals surface area contributed by atoms with E-state index in [0.29, 0.717) is 7.25 Å². The molecule has 7 rings (SSSR count). The molecule has 0 saturated carbocycles. The fraction of sp³-hybridized carbons (Fsp3) is 0.135. The van der Waals surface area contributed by atoms with Crippen molar-refractivity contribution in [3.63, 3.8) is 0 Å². The summed E-state index contributed by atoms with van der Waals surface area (Å²) in [7, 11) is 0. The molecular weight excluding hydrogens is 651 g/mol. The van der Waals surface area contributed by atoms with Gasteiger partial charge in [-0.05, 0) is 0 Å². The molecule has 0 spiro atoms. The van der Waals surface area contributed by atoms with Crippen LogP contribution in [-0.2, 0) is 20.4 Å². The van der Waals surface area contributed by atoms with E-state index in [-0.39, 0.29) is 24.8 Å². The molecule has 42 heavy (non-hydrogen) atoms. The number of furan rings is 1. The second kappa shape index (κ2) is 12.9. The van der Waals surface area contributed by atoms with E-state index in [9.17, 15) is 0 Å². The largest absolute Gasteiger partial charge is 1.00 e. The van der Waals surface area contributed by atoms with Crippen LogP contribution in [-0.4, -0.2) is 5.43 Å². The van der Waals surface area contributed by atoms with Gasteiger partial charge < -0.3 is 24.8 Å². The van der Waals surface area contributed by atoms with E-state index < -0.39 is 25.8 Å². The predicted octanol–water partition coefficient (Wildman–Crippen LogP) is 4.24. The smallest absolute Gasteiger partial charge is 1.00 e. The number of hydrogen-bond donors (Lipinski definition) is 0. The summed E-state index contributed by atoms with van der Waals surface area (Å²) in [5.74, 6) is 1.04. The van der Waals surface area contributed by atoms with Crippen molar-refractivity contribution in [2.24, 2.45) is 0 Å². The summed E-state index contributed by atoms with van der Waals surface area (Å²) >= 11 is -2.28. The molecule has 0 radical (unpaired) electrons. The van der Waals surface area contributed by atoms with Gasteiger partial charge in [0.25, 0.3) is 0 Å². The van der Waals surface area contributed by atoms with Crippen molar-refractivity contribution in [3.8, 4) is 22.3 Å². The van der Waals surface area contributed by atoms with E-state index in [4.69, 9.17) is 4.42 Å².